The Morgan fingerprint density at radius 2 is 1.91 bits per heavy atom. The number of benzene rings is 1. The van der Waals surface area contributed by atoms with Crippen LogP contribution < -0.4 is 51.4 Å². The van der Waals surface area contributed by atoms with Gasteiger partial charge in [-0.25, -0.2) is 4.79 Å². The van der Waals surface area contributed by atoms with E-state index in [1.165, 1.54) is 0 Å². The first-order chi connectivity index (χ1) is 10.5. The summed E-state index contributed by atoms with van der Waals surface area (Å²) in [4.78, 5) is 26.3. The second-order valence-electron chi connectivity index (χ2n) is 4.53. The van der Waals surface area contributed by atoms with Gasteiger partial charge in [0.2, 0.25) is 0 Å². The van der Waals surface area contributed by atoms with Crippen molar-refractivity contribution < 1.29 is 49.0 Å². The molecule has 0 aliphatic rings. The number of nitrogens with zero attached hydrogens (tertiary/aromatic N) is 1. The number of hydrogen-bond donors (Lipinski definition) is 3. The van der Waals surface area contributed by atoms with Crippen LogP contribution in [0.2, 0.25) is 0 Å². The zero-order valence-corrected chi connectivity index (χ0v) is 15.0. The number of guanidine groups is 1. The fourth-order valence-electron chi connectivity index (χ4n) is 1.66. The third-order valence-electron chi connectivity index (χ3n) is 2.73. The van der Waals surface area contributed by atoms with Crippen molar-refractivity contribution in [3.05, 3.63) is 35.9 Å². The number of carbonyl (C=O) groups is 2. The molecule has 1 atom stereocenters. The van der Waals surface area contributed by atoms with Gasteiger partial charge in [0.25, 0.3) is 0 Å². The van der Waals surface area contributed by atoms with E-state index in [4.69, 9.17) is 16.2 Å². The van der Waals surface area contributed by atoms with Gasteiger partial charge in [-0.15, -0.1) is 0 Å². The fourth-order valence-corrected chi connectivity index (χ4v) is 1.66. The molecular formula is C14H19N4NaO4. The fraction of sp³-hybridized carbons (Fsp3) is 0.357. The Balaban J connectivity index is 0.00000484. The Kier molecular flexibility index (Phi) is 10.8. The Labute approximate surface area is 156 Å². The maximum atomic E-state index is 11.6. The molecule has 0 saturated heterocycles. The number of ether oxygens (including phenoxy) is 1. The number of carboxylic acids is 1. The summed E-state index contributed by atoms with van der Waals surface area (Å²) >= 11 is 0. The molecule has 0 unspecified atom stereocenters. The van der Waals surface area contributed by atoms with E-state index in [1.807, 2.05) is 18.2 Å². The normalized spacial score (nSPS) is 10.8. The molecule has 1 aromatic carbocycles. The molecule has 1 rings (SSSR count). The minimum atomic E-state index is -1.39. The van der Waals surface area contributed by atoms with Crippen LogP contribution in [0.1, 0.15) is 18.4 Å². The third-order valence-corrected chi connectivity index (χ3v) is 2.73. The SMILES string of the molecule is NC(N)=NCCC[C@H](NC(=O)OCc1ccccc1)C(=O)[O-].[Na+]. The summed E-state index contributed by atoms with van der Waals surface area (Å²) in [5.41, 5.74) is 11.1. The van der Waals surface area contributed by atoms with Gasteiger partial charge < -0.3 is 31.4 Å². The zero-order chi connectivity index (χ0) is 16.4. The van der Waals surface area contributed by atoms with Crippen LogP contribution in [0.15, 0.2) is 35.3 Å². The molecule has 0 aliphatic carbocycles. The van der Waals surface area contributed by atoms with Gasteiger partial charge in [0, 0.05) is 6.54 Å². The Hall–Kier alpha value is -1.77. The van der Waals surface area contributed by atoms with Gasteiger partial charge >= 0.3 is 35.7 Å². The number of aliphatic carboxylic acids is 1. The second-order valence-corrected chi connectivity index (χ2v) is 4.53. The van der Waals surface area contributed by atoms with Crippen LogP contribution in [0.3, 0.4) is 0 Å². The van der Waals surface area contributed by atoms with Crippen molar-refractivity contribution in [2.24, 2.45) is 16.5 Å². The predicted molar refractivity (Wildman–Crippen MR) is 78.5 cm³/mol. The first-order valence-corrected chi connectivity index (χ1v) is 6.72. The molecule has 0 saturated carbocycles. The van der Waals surface area contributed by atoms with Crippen LogP contribution in [0.5, 0.6) is 0 Å². The Morgan fingerprint density at radius 3 is 2.48 bits per heavy atom. The first-order valence-electron chi connectivity index (χ1n) is 6.72. The van der Waals surface area contributed by atoms with Gasteiger partial charge in [-0.3, -0.25) is 4.99 Å². The van der Waals surface area contributed by atoms with Crippen molar-refractivity contribution in [2.45, 2.75) is 25.5 Å². The summed E-state index contributed by atoms with van der Waals surface area (Å²) in [5, 5.41) is 13.2. The van der Waals surface area contributed by atoms with Crippen molar-refractivity contribution in [1.29, 1.82) is 0 Å². The number of carboxylic acid groups (broad SMARTS) is 1. The van der Waals surface area contributed by atoms with Crippen LogP contribution in [-0.4, -0.2) is 30.6 Å². The van der Waals surface area contributed by atoms with E-state index in [-0.39, 0.29) is 55.1 Å². The molecule has 9 heteroatoms. The molecule has 120 valence electrons. The van der Waals surface area contributed by atoms with Gasteiger partial charge in [-0.2, -0.15) is 0 Å². The van der Waals surface area contributed by atoms with Crippen molar-refractivity contribution in [1.82, 2.24) is 5.32 Å². The molecule has 0 radical (unpaired) electrons. The summed E-state index contributed by atoms with van der Waals surface area (Å²) in [6, 6.07) is 7.88. The summed E-state index contributed by atoms with van der Waals surface area (Å²) < 4.78 is 4.94. The maximum Gasteiger partial charge on any atom is 1.00 e. The monoisotopic (exact) mass is 330 g/mol. The van der Waals surface area contributed by atoms with E-state index in [0.29, 0.717) is 6.42 Å². The summed E-state index contributed by atoms with van der Waals surface area (Å²) in [6.45, 7) is 0.327. The average molecular weight is 330 g/mol. The maximum absolute atomic E-state index is 11.6. The standard InChI is InChI=1S/C14H20N4O4.Na/c15-13(16)17-8-4-7-11(12(19)20)18-14(21)22-9-10-5-2-1-3-6-10;/h1-3,5-6,11H,4,7-9H2,(H,18,21)(H,19,20)(H4,15,16,17);/q;+1/p-1/t11-;/m0./s1. The van der Waals surface area contributed by atoms with Crippen LogP contribution in [0.4, 0.5) is 4.79 Å². The van der Waals surface area contributed by atoms with E-state index in [9.17, 15) is 14.7 Å². The average Bonchev–Trinajstić information content (AvgIpc) is 2.48. The molecule has 0 spiro atoms. The molecule has 23 heavy (non-hydrogen) atoms. The second kappa shape index (κ2) is 11.8. The number of nitrogens with two attached hydrogens (primary N) is 2. The molecular weight excluding hydrogens is 311 g/mol. The van der Waals surface area contributed by atoms with Gasteiger partial charge in [-0.1, -0.05) is 30.3 Å². The molecule has 0 aromatic heterocycles. The van der Waals surface area contributed by atoms with E-state index in [0.717, 1.165) is 5.56 Å². The molecule has 0 heterocycles. The minimum Gasteiger partial charge on any atom is -0.548 e. The van der Waals surface area contributed by atoms with Crippen LogP contribution in [0.25, 0.3) is 0 Å². The van der Waals surface area contributed by atoms with E-state index in [1.54, 1.807) is 12.1 Å². The zero-order valence-electron chi connectivity index (χ0n) is 13.0. The molecule has 0 aliphatic heterocycles. The van der Waals surface area contributed by atoms with Gasteiger partial charge in [0.05, 0.1) is 12.0 Å². The van der Waals surface area contributed by atoms with Crippen molar-refractivity contribution in [3.8, 4) is 0 Å². The van der Waals surface area contributed by atoms with Crippen LogP contribution in [-0.2, 0) is 16.1 Å². The van der Waals surface area contributed by atoms with Crippen molar-refractivity contribution in [3.63, 3.8) is 0 Å². The Bertz CT molecular complexity index is 521. The van der Waals surface area contributed by atoms with Crippen LogP contribution >= 0.6 is 0 Å². The molecule has 8 nitrogen and oxygen atoms in total. The number of aliphatic imine (C=N–C) groups is 1. The third kappa shape index (κ3) is 9.77. The molecule has 1 aromatic rings. The topological polar surface area (TPSA) is 143 Å². The summed E-state index contributed by atoms with van der Waals surface area (Å²) in [6.07, 6.45) is -0.297. The molecule has 0 fully saturated rings. The van der Waals surface area contributed by atoms with Crippen molar-refractivity contribution in [2.75, 3.05) is 6.54 Å². The van der Waals surface area contributed by atoms with Crippen molar-refractivity contribution >= 4 is 18.0 Å². The van der Waals surface area contributed by atoms with Crippen LogP contribution in [0, 0.1) is 0 Å². The molecule has 0 bridgehead atoms. The first kappa shape index (κ1) is 21.2. The Morgan fingerprint density at radius 1 is 1.26 bits per heavy atom. The van der Waals surface area contributed by atoms with E-state index >= 15 is 0 Å². The van der Waals surface area contributed by atoms with E-state index < -0.39 is 18.1 Å². The predicted octanol–water partition coefficient (Wildman–Crippen LogP) is -3.91. The number of alkyl carbamates (subject to hydrolysis) is 1. The van der Waals surface area contributed by atoms with E-state index in [2.05, 4.69) is 10.3 Å². The quantitative estimate of drug-likeness (QED) is 0.192. The van der Waals surface area contributed by atoms with Gasteiger partial charge in [-0.05, 0) is 18.4 Å². The summed E-state index contributed by atoms with van der Waals surface area (Å²) in [5.74, 6) is -1.46. The molecule has 5 N–H and O–H groups in total. The van der Waals surface area contributed by atoms with Gasteiger partial charge in [0.1, 0.15) is 6.61 Å². The number of hydrogen-bond acceptors (Lipinski definition) is 5. The number of carbonyl (C=O) groups excluding carboxylic acids is 2. The smallest absolute Gasteiger partial charge is 0.548 e. The number of rotatable bonds is 8. The molecule has 1 amide bonds. The summed E-state index contributed by atoms with van der Waals surface area (Å²) in [7, 11) is 0. The number of amides is 1. The number of nitrogens with one attached hydrogen (secondary N) is 1. The largest absolute Gasteiger partial charge is 1.00 e. The minimum absolute atomic E-state index is 0. The van der Waals surface area contributed by atoms with Gasteiger partial charge in [0.15, 0.2) is 5.96 Å².